The maximum atomic E-state index is 13.7. The quantitative estimate of drug-likeness (QED) is 0.0339. The molecule has 23 heteroatoms. The van der Waals surface area contributed by atoms with Gasteiger partial charge in [0.1, 0.15) is 6.61 Å². The molecule has 4 aliphatic heterocycles. The molecule has 0 saturated carbocycles. The smallest absolute Gasteiger partial charge is 0.340 e. The average Bonchev–Trinajstić information content (AvgIpc) is 4.02. The van der Waals surface area contributed by atoms with E-state index in [0.29, 0.717) is 82.5 Å². The number of cyclic esters (lactones) is 1. The van der Waals surface area contributed by atoms with Crippen LogP contribution in [0.4, 0.5) is 0 Å². The summed E-state index contributed by atoms with van der Waals surface area (Å²) in [4.78, 5) is 105. The van der Waals surface area contributed by atoms with Crippen molar-refractivity contribution >= 4 is 52.3 Å². The molecule has 0 fully saturated rings. The Kier molecular flexibility index (Phi) is 16.0. The lowest BCUT2D eigenvalue weighted by molar-refractivity contribution is -0.159. The van der Waals surface area contributed by atoms with E-state index < -0.39 is 41.6 Å². The zero-order valence-corrected chi connectivity index (χ0v) is 36.1. The van der Waals surface area contributed by atoms with Gasteiger partial charge >= 0.3 is 5.97 Å². The Morgan fingerprint density at radius 3 is 2.03 bits per heavy atom. The van der Waals surface area contributed by atoms with Crippen molar-refractivity contribution < 1.29 is 71.5 Å². The van der Waals surface area contributed by atoms with Crippen molar-refractivity contribution in [1.82, 2.24) is 35.7 Å². The van der Waals surface area contributed by atoms with E-state index >= 15 is 0 Å². The Labute approximate surface area is 376 Å². The zero-order valence-electron chi connectivity index (χ0n) is 36.1. The van der Waals surface area contributed by atoms with Crippen LogP contribution in [0.3, 0.4) is 0 Å². The first-order chi connectivity index (χ1) is 32.0. The van der Waals surface area contributed by atoms with Crippen molar-refractivity contribution in [3.05, 3.63) is 63.0 Å². The summed E-state index contributed by atoms with van der Waals surface area (Å²) in [5.41, 5.74) is 3.23. The lowest BCUT2D eigenvalue weighted by Gasteiger charge is -2.24. The number of nitrogens with one attached hydrogen (secondary N) is 4. The fourth-order valence-electron chi connectivity index (χ4n) is 7.41. The van der Waals surface area contributed by atoms with E-state index in [4.69, 9.17) is 42.9 Å². The zero-order chi connectivity index (χ0) is 46.6. The van der Waals surface area contributed by atoms with Gasteiger partial charge in [-0.3, -0.25) is 38.5 Å². The molecule has 7 rings (SSSR count). The summed E-state index contributed by atoms with van der Waals surface area (Å²) in [6.45, 7) is 1.73. The number of hydrogen-bond acceptors (Lipinski definition) is 17. The van der Waals surface area contributed by atoms with Crippen LogP contribution in [-0.2, 0) is 81.7 Å². The number of fused-ring (bicyclic) bond motifs is 6. The molecule has 1 aromatic carbocycles. The number of benzene rings is 1. The summed E-state index contributed by atoms with van der Waals surface area (Å²) >= 11 is 0. The fraction of sp³-hybridized carbons (Fsp3) is 0.465. The summed E-state index contributed by atoms with van der Waals surface area (Å²) in [7, 11) is 1.36. The van der Waals surface area contributed by atoms with Crippen molar-refractivity contribution in [3.8, 4) is 22.9 Å². The molecule has 0 bridgehead atoms. The summed E-state index contributed by atoms with van der Waals surface area (Å²) in [5, 5.41) is 11.1. The number of ether oxygens (including phenoxy) is 8. The maximum Gasteiger partial charge on any atom is 0.340 e. The minimum absolute atomic E-state index is 0.000949. The SMILES string of the molecule is CO[C@@H]1C(=O)OCc2c1cc1n(c2=O)Cc2c-1nc1cc3c(cc1c2CNC(=O)CNC(=O)CNC(=O)CCOCCOCCOCCOCCNC(=O)CCN1C(=O)C=CC1=O)OCO3. The van der Waals surface area contributed by atoms with Gasteiger partial charge in [0.2, 0.25) is 30.4 Å². The predicted octanol–water partition coefficient (Wildman–Crippen LogP) is -1.37. The second-order valence-electron chi connectivity index (χ2n) is 15.0. The van der Waals surface area contributed by atoms with Gasteiger partial charge in [0.05, 0.1) is 95.0 Å². The molecule has 352 valence electrons. The monoisotopic (exact) mass is 919 g/mol. The van der Waals surface area contributed by atoms with E-state index in [-0.39, 0.29) is 103 Å². The number of rotatable bonds is 25. The first-order valence-electron chi connectivity index (χ1n) is 21.1. The molecule has 0 unspecified atom stereocenters. The Hall–Kier alpha value is -6.79. The highest BCUT2D eigenvalue weighted by Gasteiger charge is 2.36. The van der Waals surface area contributed by atoms with E-state index in [9.17, 15) is 38.4 Å². The van der Waals surface area contributed by atoms with Crippen LogP contribution in [0.1, 0.15) is 41.2 Å². The number of nitrogens with zero attached hydrogens (tertiary/aromatic N) is 3. The lowest BCUT2D eigenvalue weighted by atomic mass is 9.98. The molecule has 0 saturated heterocycles. The lowest BCUT2D eigenvalue weighted by Crippen LogP contribution is -2.42. The van der Waals surface area contributed by atoms with Crippen LogP contribution >= 0.6 is 0 Å². The predicted molar refractivity (Wildman–Crippen MR) is 225 cm³/mol. The molecule has 0 aliphatic carbocycles. The van der Waals surface area contributed by atoms with Crippen molar-refractivity contribution in [1.29, 1.82) is 0 Å². The van der Waals surface area contributed by atoms with E-state index in [1.54, 1.807) is 22.8 Å². The molecule has 1 atom stereocenters. The fourth-order valence-corrected chi connectivity index (χ4v) is 7.41. The molecule has 2 aromatic heterocycles. The highest BCUT2D eigenvalue weighted by molar-refractivity contribution is 6.13. The minimum atomic E-state index is -1.07. The third-order valence-corrected chi connectivity index (χ3v) is 10.8. The molecule has 23 nitrogen and oxygen atoms in total. The molecule has 4 aliphatic rings. The summed E-state index contributed by atoms with van der Waals surface area (Å²) in [5.74, 6) is -2.26. The summed E-state index contributed by atoms with van der Waals surface area (Å²) in [6.07, 6.45) is 1.28. The molecule has 66 heavy (non-hydrogen) atoms. The Morgan fingerprint density at radius 2 is 1.33 bits per heavy atom. The molecular weight excluding hydrogens is 871 g/mol. The number of amides is 6. The van der Waals surface area contributed by atoms with E-state index in [1.165, 1.54) is 19.3 Å². The van der Waals surface area contributed by atoms with Crippen LogP contribution in [0.2, 0.25) is 0 Å². The Bertz CT molecular complexity index is 2450. The highest BCUT2D eigenvalue weighted by atomic mass is 16.7. The van der Waals surface area contributed by atoms with Crippen molar-refractivity contribution in [2.75, 3.05) is 92.9 Å². The number of carbonyl (C=O) groups excluding carboxylic acids is 7. The van der Waals surface area contributed by atoms with Crippen molar-refractivity contribution in [2.24, 2.45) is 0 Å². The van der Waals surface area contributed by atoms with E-state index in [2.05, 4.69) is 21.3 Å². The van der Waals surface area contributed by atoms with Gasteiger partial charge in [-0.05, 0) is 17.7 Å². The van der Waals surface area contributed by atoms with Gasteiger partial charge in [0, 0.05) is 74.3 Å². The number of hydrogen-bond donors (Lipinski definition) is 4. The summed E-state index contributed by atoms with van der Waals surface area (Å²) in [6, 6.07) is 5.21. The number of esters is 1. The molecule has 3 aromatic rings. The van der Waals surface area contributed by atoms with Gasteiger partial charge in [-0.25, -0.2) is 9.78 Å². The third-order valence-electron chi connectivity index (χ3n) is 10.8. The second kappa shape index (κ2) is 22.4. The van der Waals surface area contributed by atoms with Crippen LogP contribution in [0.25, 0.3) is 22.3 Å². The first-order valence-corrected chi connectivity index (χ1v) is 21.1. The highest BCUT2D eigenvalue weighted by Crippen LogP contribution is 2.42. The number of aromatic nitrogens is 2. The standard InChI is InChI=1S/C43H49N7O16/c1-59-41-26-16-31-40-28(22-50(31)42(57)29(26)23-64-43(41)58)27(25-17-32-33(66-24-65-32)18-30(25)48-40)19-45-36(53)21-47-37(54)20-46-35(52)5-8-60-10-12-62-14-15-63-13-11-61-9-6-44-34(51)4-7-49-38(55)2-3-39(49)56/h2-3,16-18,41H,4-15,19-24H2,1H3,(H,44,51)(H,45,53)(H,46,52)(H,47,54)/t41-/m0/s1. The van der Waals surface area contributed by atoms with Gasteiger partial charge in [0.25, 0.3) is 17.4 Å². The topological polar surface area (TPSA) is 280 Å². The van der Waals surface area contributed by atoms with Crippen LogP contribution in [0, 0.1) is 0 Å². The van der Waals surface area contributed by atoms with Gasteiger partial charge in [-0.1, -0.05) is 0 Å². The second-order valence-corrected chi connectivity index (χ2v) is 15.0. The van der Waals surface area contributed by atoms with Crippen molar-refractivity contribution in [3.63, 3.8) is 0 Å². The molecule has 6 amide bonds. The number of methoxy groups -OCH3 is 1. The first kappa shape index (κ1) is 47.2. The Morgan fingerprint density at radius 1 is 0.712 bits per heavy atom. The van der Waals surface area contributed by atoms with E-state index in [0.717, 1.165) is 4.90 Å². The normalized spacial score (nSPS) is 15.4. The number of carbonyl (C=O) groups is 7. The van der Waals surface area contributed by atoms with Crippen LogP contribution < -0.4 is 36.3 Å². The van der Waals surface area contributed by atoms with Gasteiger partial charge in [0.15, 0.2) is 17.6 Å². The Balaban J connectivity index is 0.745. The number of pyridine rings is 2. The van der Waals surface area contributed by atoms with Gasteiger partial charge in [-0.15, -0.1) is 0 Å². The molecule has 0 radical (unpaired) electrons. The third kappa shape index (κ3) is 11.5. The average molecular weight is 920 g/mol. The molecule has 4 N–H and O–H groups in total. The molecule has 6 heterocycles. The summed E-state index contributed by atoms with van der Waals surface area (Å²) < 4.78 is 45.0. The maximum absolute atomic E-state index is 13.7. The van der Waals surface area contributed by atoms with Crippen LogP contribution in [0.15, 0.2) is 35.1 Å². The van der Waals surface area contributed by atoms with Gasteiger partial charge in [-0.2, -0.15) is 0 Å². The number of imide groups is 1. The van der Waals surface area contributed by atoms with Crippen LogP contribution in [-0.4, -0.2) is 149 Å². The van der Waals surface area contributed by atoms with Crippen LogP contribution in [0.5, 0.6) is 11.5 Å². The van der Waals surface area contributed by atoms with Gasteiger partial charge < -0.3 is 63.7 Å². The minimum Gasteiger partial charge on any atom is -0.458 e. The van der Waals surface area contributed by atoms with E-state index in [1.807, 2.05) is 0 Å². The molecular formula is C43H49N7O16. The molecule has 0 spiro atoms. The van der Waals surface area contributed by atoms with Crippen molar-refractivity contribution in [2.45, 2.75) is 38.6 Å². The largest absolute Gasteiger partial charge is 0.458 e.